The van der Waals surface area contributed by atoms with Gasteiger partial charge in [-0.3, -0.25) is 9.80 Å². The first-order valence-electron chi connectivity index (χ1n) is 10.6. The second-order valence-corrected chi connectivity index (χ2v) is 9.22. The molecule has 0 radical (unpaired) electrons. The highest BCUT2D eigenvalue weighted by atomic mass is 16.3. The Morgan fingerprint density at radius 2 is 1.81 bits per heavy atom. The Morgan fingerprint density at radius 3 is 2.52 bits per heavy atom. The van der Waals surface area contributed by atoms with Gasteiger partial charge in [-0.05, 0) is 37.8 Å². The van der Waals surface area contributed by atoms with Crippen LogP contribution < -0.4 is 0 Å². The quantitative estimate of drug-likeness (QED) is 0.861. The fourth-order valence-electron chi connectivity index (χ4n) is 5.19. The maximum Gasteiger partial charge on any atom is 0.131 e. The lowest BCUT2D eigenvalue weighted by Crippen LogP contribution is -2.55. The number of likely N-dealkylation sites (N-methyl/N-ethyl adjacent to an activating group) is 1. The van der Waals surface area contributed by atoms with Gasteiger partial charge in [0.15, 0.2) is 0 Å². The average molecular weight is 374 g/mol. The molecule has 0 unspecified atom stereocenters. The molecule has 0 aromatic carbocycles. The lowest BCUT2D eigenvalue weighted by molar-refractivity contribution is -0.0249. The number of rotatable bonds is 4. The Bertz CT molecular complexity index is 631. The van der Waals surface area contributed by atoms with Crippen molar-refractivity contribution < 1.29 is 5.11 Å². The monoisotopic (exact) mass is 373 g/mol. The van der Waals surface area contributed by atoms with Crippen LogP contribution in [0.2, 0.25) is 0 Å². The molecule has 3 fully saturated rings. The number of aliphatic hydroxyl groups excluding tert-OH is 1. The summed E-state index contributed by atoms with van der Waals surface area (Å²) in [7, 11) is 2.19. The van der Waals surface area contributed by atoms with E-state index in [2.05, 4.69) is 46.6 Å². The SMILES string of the molecule is CC(C)c1nccc(CN2C[C@H]3C[C@@H](N4CCN(C)CC4)[C@H](O)C[C@H]3C2)n1. The van der Waals surface area contributed by atoms with E-state index in [9.17, 15) is 5.11 Å². The maximum atomic E-state index is 10.8. The predicted octanol–water partition coefficient (Wildman–Crippen LogP) is 1.42. The van der Waals surface area contributed by atoms with Crippen LogP contribution in [0.25, 0.3) is 0 Å². The van der Waals surface area contributed by atoms with Gasteiger partial charge in [0.1, 0.15) is 5.82 Å². The molecule has 1 aromatic rings. The lowest BCUT2D eigenvalue weighted by Gasteiger charge is -2.44. The van der Waals surface area contributed by atoms with Crippen molar-refractivity contribution in [2.45, 2.75) is 51.3 Å². The minimum absolute atomic E-state index is 0.166. The first-order valence-corrected chi connectivity index (χ1v) is 10.6. The normalized spacial score (nSPS) is 33.5. The van der Waals surface area contributed by atoms with Crippen molar-refractivity contribution in [1.29, 1.82) is 0 Å². The lowest BCUT2D eigenvalue weighted by atomic mass is 9.77. The molecule has 6 nitrogen and oxygen atoms in total. The zero-order chi connectivity index (χ0) is 19.0. The van der Waals surface area contributed by atoms with E-state index in [4.69, 9.17) is 4.98 Å². The number of nitrogens with zero attached hydrogens (tertiary/aromatic N) is 5. The van der Waals surface area contributed by atoms with Crippen molar-refractivity contribution >= 4 is 0 Å². The van der Waals surface area contributed by atoms with Crippen LogP contribution in [0.5, 0.6) is 0 Å². The van der Waals surface area contributed by atoms with Crippen molar-refractivity contribution in [3.05, 3.63) is 23.8 Å². The van der Waals surface area contributed by atoms with Gasteiger partial charge in [0, 0.05) is 64.0 Å². The van der Waals surface area contributed by atoms with Crippen molar-refractivity contribution in [3.8, 4) is 0 Å². The highest BCUT2D eigenvalue weighted by molar-refractivity contribution is 5.06. The van der Waals surface area contributed by atoms with Crippen molar-refractivity contribution in [2.24, 2.45) is 11.8 Å². The van der Waals surface area contributed by atoms with Gasteiger partial charge in [0.2, 0.25) is 0 Å². The third kappa shape index (κ3) is 4.34. The summed E-state index contributed by atoms with van der Waals surface area (Å²) in [6, 6.07) is 2.40. The van der Waals surface area contributed by atoms with E-state index in [1.165, 1.54) is 0 Å². The molecule has 2 aliphatic heterocycles. The molecule has 1 N–H and O–H groups in total. The third-order valence-electron chi connectivity index (χ3n) is 6.83. The summed E-state index contributed by atoms with van der Waals surface area (Å²) in [5.41, 5.74) is 1.13. The molecule has 3 aliphatic rings. The summed E-state index contributed by atoms with van der Waals surface area (Å²) >= 11 is 0. The fraction of sp³-hybridized carbons (Fsp3) is 0.810. The third-order valence-corrected chi connectivity index (χ3v) is 6.83. The second-order valence-electron chi connectivity index (χ2n) is 9.22. The van der Waals surface area contributed by atoms with Crippen LogP contribution in [0.15, 0.2) is 12.3 Å². The van der Waals surface area contributed by atoms with Gasteiger partial charge in [0.25, 0.3) is 0 Å². The van der Waals surface area contributed by atoms with Crippen LogP contribution in [0.3, 0.4) is 0 Å². The van der Waals surface area contributed by atoms with Crippen molar-refractivity contribution in [3.63, 3.8) is 0 Å². The molecule has 0 amide bonds. The van der Waals surface area contributed by atoms with Crippen molar-refractivity contribution in [1.82, 2.24) is 24.7 Å². The van der Waals surface area contributed by atoms with Crippen LogP contribution in [0, 0.1) is 11.8 Å². The van der Waals surface area contributed by atoms with Gasteiger partial charge in [0.05, 0.1) is 11.8 Å². The van der Waals surface area contributed by atoms with Gasteiger partial charge in [-0.2, -0.15) is 0 Å². The smallest absolute Gasteiger partial charge is 0.131 e. The predicted molar refractivity (Wildman–Crippen MR) is 106 cm³/mol. The van der Waals surface area contributed by atoms with Crippen LogP contribution in [-0.4, -0.2) is 88.2 Å². The van der Waals surface area contributed by atoms with Gasteiger partial charge in [-0.25, -0.2) is 9.97 Å². The molecule has 2 saturated heterocycles. The molecule has 0 spiro atoms. The van der Waals surface area contributed by atoms with Crippen LogP contribution in [0.1, 0.15) is 44.1 Å². The number of aromatic nitrogens is 2. The largest absolute Gasteiger partial charge is 0.391 e. The Labute approximate surface area is 163 Å². The van der Waals surface area contributed by atoms with Crippen LogP contribution in [-0.2, 0) is 6.54 Å². The molecule has 4 atom stereocenters. The standard InChI is InChI=1S/C21H35N5O/c1-15(2)21-22-5-4-18(23-21)14-25-12-16-10-19(20(27)11-17(16)13-25)26-8-6-24(3)7-9-26/h4-5,15-17,19-20,27H,6-14H2,1-3H3/t16-,17+,19-,20-/m1/s1. The zero-order valence-corrected chi connectivity index (χ0v) is 17.1. The molecule has 4 rings (SSSR count). The number of aliphatic hydroxyl groups is 1. The van der Waals surface area contributed by atoms with E-state index in [0.29, 0.717) is 23.8 Å². The van der Waals surface area contributed by atoms with E-state index < -0.39 is 0 Å². The summed E-state index contributed by atoms with van der Waals surface area (Å²) in [4.78, 5) is 16.6. The van der Waals surface area contributed by atoms with Gasteiger partial charge < -0.3 is 10.0 Å². The fourth-order valence-corrected chi connectivity index (χ4v) is 5.19. The summed E-state index contributed by atoms with van der Waals surface area (Å²) < 4.78 is 0. The molecule has 27 heavy (non-hydrogen) atoms. The summed E-state index contributed by atoms with van der Waals surface area (Å²) in [6.45, 7) is 11.9. The second kappa shape index (κ2) is 8.11. The van der Waals surface area contributed by atoms with E-state index in [1.807, 2.05) is 6.20 Å². The molecular weight excluding hydrogens is 338 g/mol. The number of hydrogen-bond acceptors (Lipinski definition) is 6. The molecule has 1 aliphatic carbocycles. The summed E-state index contributed by atoms with van der Waals surface area (Å²) in [5, 5.41) is 10.8. The number of piperazine rings is 1. The minimum Gasteiger partial charge on any atom is -0.391 e. The Morgan fingerprint density at radius 1 is 1.11 bits per heavy atom. The van der Waals surface area contributed by atoms with E-state index in [1.54, 1.807) is 0 Å². The Kier molecular flexibility index (Phi) is 5.78. The van der Waals surface area contributed by atoms with E-state index in [0.717, 1.165) is 70.2 Å². The van der Waals surface area contributed by atoms with Crippen LogP contribution >= 0.6 is 0 Å². The summed E-state index contributed by atoms with van der Waals surface area (Å²) in [5.74, 6) is 2.65. The van der Waals surface area contributed by atoms with Crippen molar-refractivity contribution in [2.75, 3.05) is 46.3 Å². The molecule has 1 aromatic heterocycles. The summed E-state index contributed by atoms with van der Waals surface area (Å²) in [6.07, 6.45) is 3.83. The van der Waals surface area contributed by atoms with Gasteiger partial charge >= 0.3 is 0 Å². The first-order chi connectivity index (χ1) is 13.0. The molecule has 150 valence electrons. The molecule has 1 saturated carbocycles. The highest BCUT2D eigenvalue weighted by Crippen LogP contribution is 2.38. The topological polar surface area (TPSA) is 55.7 Å². The Hall–Kier alpha value is -1.08. The van der Waals surface area contributed by atoms with Gasteiger partial charge in [-0.15, -0.1) is 0 Å². The van der Waals surface area contributed by atoms with Gasteiger partial charge in [-0.1, -0.05) is 13.8 Å². The maximum absolute atomic E-state index is 10.8. The molecule has 0 bridgehead atoms. The zero-order valence-electron chi connectivity index (χ0n) is 17.1. The number of likely N-dealkylation sites (tertiary alicyclic amines) is 1. The highest BCUT2D eigenvalue weighted by Gasteiger charge is 2.43. The average Bonchev–Trinajstić information content (AvgIpc) is 3.03. The number of fused-ring (bicyclic) bond motifs is 1. The molecular formula is C21H35N5O. The van der Waals surface area contributed by atoms with E-state index >= 15 is 0 Å². The van der Waals surface area contributed by atoms with Crippen LogP contribution in [0.4, 0.5) is 0 Å². The number of hydrogen-bond donors (Lipinski definition) is 1. The van der Waals surface area contributed by atoms with E-state index in [-0.39, 0.29) is 6.10 Å². The first kappa shape index (κ1) is 19.2. The minimum atomic E-state index is -0.166. The molecule has 3 heterocycles. The molecule has 6 heteroatoms. The Balaban J connectivity index is 1.36.